The first kappa shape index (κ1) is 10.4. The summed E-state index contributed by atoms with van der Waals surface area (Å²) in [4.78, 5) is 15.2. The summed E-state index contributed by atoms with van der Waals surface area (Å²) in [5.41, 5.74) is 1.76. The van der Waals surface area contributed by atoms with Crippen LogP contribution in [0.4, 0.5) is 0 Å². The number of rotatable bonds is 3. The number of fused-ring (bicyclic) bond motifs is 1. The fourth-order valence-electron chi connectivity index (χ4n) is 1.49. The van der Waals surface area contributed by atoms with Crippen molar-refractivity contribution >= 4 is 16.9 Å². The van der Waals surface area contributed by atoms with E-state index in [1.54, 1.807) is 6.20 Å². The highest BCUT2D eigenvalue weighted by molar-refractivity contribution is 5.83. The molecule has 0 saturated carbocycles. The van der Waals surface area contributed by atoms with Gasteiger partial charge in [-0.15, -0.1) is 0 Å². The molecule has 0 fully saturated rings. The quantitative estimate of drug-likeness (QED) is 0.580. The Balaban J connectivity index is 2.30. The molecular formula is C13H11NO2. The first-order chi connectivity index (χ1) is 7.81. The summed E-state index contributed by atoms with van der Waals surface area (Å²) in [6.07, 6.45) is 2.87. The van der Waals surface area contributed by atoms with Crippen molar-refractivity contribution in [3.63, 3.8) is 0 Å². The highest BCUT2D eigenvalue weighted by atomic mass is 16.5. The molecule has 2 rings (SSSR count). The molecule has 16 heavy (non-hydrogen) atoms. The number of ether oxygens (including phenoxy) is 1. The average molecular weight is 213 g/mol. The second-order valence-electron chi connectivity index (χ2n) is 3.30. The van der Waals surface area contributed by atoms with E-state index < -0.39 is 5.97 Å². The minimum absolute atomic E-state index is 0.221. The maximum absolute atomic E-state index is 11.0. The van der Waals surface area contributed by atoms with Crippen molar-refractivity contribution < 1.29 is 9.53 Å². The standard InChI is InChI=1S/C13H11NO2/c1-2-12(15)16-9-11-6-3-5-10-7-4-8-14-13(10)11/h2-8H,1,9H2. The maximum atomic E-state index is 11.0. The van der Waals surface area contributed by atoms with Crippen molar-refractivity contribution in [1.82, 2.24) is 4.98 Å². The Hall–Kier alpha value is -2.16. The van der Waals surface area contributed by atoms with Crippen molar-refractivity contribution in [3.05, 3.63) is 54.7 Å². The van der Waals surface area contributed by atoms with Crippen molar-refractivity contribution in [2.75, 3.05) is 0 Å². The minimum atomic E-state index is -0.423. The van der Waals surface area contributed by atoms with Gasteiger partial charge in [0.2, 0.25) is 0 Å². The third kappa shape index (κ3) is 2.08. The van der Waals surface area contributed by atoms with Crippen LogP contribution in [0.1, 0.15) is 5.56 Å². The van der Waals surface area contributed by atoms with Gasteiger partial charge < -0.3 is 4.74 Å². The molecule has 3 heteroatoms. The first-order valence-corrected chi connectivity index (χ1v) is 4.93. The molecule has 2 aromatic rings. The SMILES string of the molecule is C=CC(=O)OCc1cccc2cccnc12. The number of pyridine rings is 1. The Kier molecular flexibility index (Phi) is 2.96. The molecule has 0 atom stereocenters. The monoisotopic (exact) mass is 213 g/mol. The summed E-state index contributed by atoms with van der Waals surface area (Å²) in [7, 11) is 0. The zero-order chi connectivity index (χ0) is 11.4. The third-order valence-electron chi connectivity index (χ3n) is 2.25. The second kappa shape index (κ2) is 4.57. The Labute approximate surface area is 93.4 Å². The lowest BCUT2D eigenvalue weighted by atomic mass is 10.1. The average Bonchev–Trinajstić information content (AvgIpc) is 2.35. The largest absolute Gasteiger partial charge is 0.458 e. The molecule has 0 aliphatic carbocycles. The van der Waals surface area contributed by atoms with Crippen LogP contribution in [0, 0.1) is 0 Å². The van der Waals surface area contributed by atoms with E-state index >= 15 is 0 Å². The zero-order valence-electron chi connectivity index (χ0n) is 8.72. The molecule has 1 heterocycles. The van der Waals surface area contributed by atoms with Gasteiger partial charge in [0, 0.05) is 23.2 Å². The van der Waals surface area contributed by atoms with Crippen LogP contribution < -0.4 is 0 Å². The summed E-state index contributed by atoms with van der Waals surface area (Å²) in [6.45, 7) is 3.57. The molecule has 80 valence electrons. The van der Waals surface area contributed by atoms with Gasteiger partial charge in [-0.05, 0) is 6.07 Å². The van der Waals surface area contributed by atoms with E-state index in [0.29, 0.717) is 0 Å². The predicted octanol–water partition coefficient (Wildman–Crippen LogP) is 2.46. The lowest BCUT2D eigenvalue weighted by Crippen LogP contribution is -2.01. The van der Waals surface area contributed by atoms with Gasteiger partial charge in [-0.25, -0.2) is 4.79 Å². The van der Waals surface area contributed by atoms with Crippen molar-refractivity contribution in [1.29, 1.82) is 0 Å². The van der Waals surface area contributed by atoms with Gasteiger partial charge in [0.15, 0.2) is 0 Å². The fraction of sp³-hybridized carbons (Fsp3) is 0.0769. The summed E-state index contributed by atoms with van der Waals surface area (Å²) >= 11 is 0. The van der Waals surface area contributed by atoms with Gasteiger partial charge in [-0.3, -0.25) is 4.98 Å². The van der Waals surface area contributed by atoms with Gasteiger partial charge >= 0.3 is 5.97 Å². The van der Waals surface area contributed by atoms with E-state index in [1.165, 1.54) is 0 Å². The highest BCUT2D eigenvalue weighted by Gasteiger charge is 2.03. The molecule has 3 nitrogen and oxygen atoms in total. The van der Waals surface area contributed by atoms with E-state index in [2.05, 4.69) is 11.6 Å². The third-order valence-corrected chi connectivity index (χ3v) is 2.25. The predicted molar refractivity (Wildman–Crippen MR) is 61.7 cm³/mol. The van der Waals surface area contributed by atoms with E-state index in [-0.39, 0.29) is 6.61 Å². The summed E-state index contributed by atoms with van der Waals surface area (Å²) < 4.78 is 4.99. The molecule has 0 spiro atoms. The Morgan fingerprint density at radius 3 is 3.00 bits per heavy atom. The molecule has 1 aromatic heterocycles. The molecule has 0 N–H and O–H groups in total. The van der Waals surface area contributed by atoms with Gasteiger partial charge in [0.1, 0.15) is 6.61 Å². The highest BCUT2D eigenvalue weighted by Crippen LogP contribution is 2.16. The first-order valence-electron chi connectivity index (χ1n) is 4.93. The molecule has 1 aromatic carbocycles. The van der Waals surface area contributed by atoms with E-state index in [0.717, 1.165) is 22.5 Å². The van der Waals surface area contributed by atoms with Crippen molar-refractivity contribution in [3.8, 4) is 0 Å². The van der Waals surface area contributed by atoms with Gasteiger partial charge in [0.05, 0.1) is 5.52 Å². The fourth-order valence-corrected chi connectivity index (χ4v) is 1.49. The van der Waals surface area contributed by atoms with Crippen LogP contribution >= 0.6 is 0 Å². The minimum Gasteiger partial charge on any atom is -0.458 e. The van der Waals surface area contributed by atoms with E-state index in [1.807, 2.05) is 30.3 Å². The number of hydrogen-bond acceptors (Lipinski definition) is 3. The van der Waals surface area contributed by atoms with E-state index in [9.17, 15) is 4.79 Å². The van der Waals surface area contributed by atoms with Gasteiger partial charge in [-0.2, -0.15) is 0 Å². The van der Waals surface area contributed by atoms with Crippen molar-refractivity contribution in [2.45, 2.75) is 6.61 Å². The Morgan fingerprint density at radius 2 is 2.19 bits per heavy atom. The number of hydrogen-bond donors (Lipinski definition) is 0. The lowest BCUT2D eigenvalue weighted by Gasteiger charge is -2.05. The van der Waals surface area contributed by atoms with Crippen LogP contribution in [0.5, 0.6) is 0 Å². The van der Waals surface area contributed by atoms with Gasteiger partial charge in [0.25, 0.3) is 0 Å². The number of nitrogens with zero attached hydrogens (tertiary/aromatic N) is 1. The number of para-hydroxylation sites is 1. The number of carbonyl (C=O) groups is 1. The summed E-state index contributed by atoms with van der Waals surface area (Å²) in [5, 5.41) is 1.04. The normalized spacial score (nSPS) is 10.0. The van der Waals surface area contributed by atoms with Crippen LogP contribution in [0.25, 0.3) is 10.9 Å². The smallest absolute Gasteiger partial charge is 0.330 e. The van der Waals surface area contributed by atoms with Crippen LogP contribution in [0.15, 0.2) is 49.2 Å². The number of aromatic nitrogens is 1. The Morgan fingerprint density at radius 1 is 1.38 bits per heavy atom. The maximum Gasteiger partial charge on any atom is 0.330 e. The van der Waals surface area contributed by atoms with Crippen LogP contribution in [-0.2, 0) is 16.1 Å². The molecular weight excluding hydrogens is 202 g/mol. The second-order valence-corrected chi connectivity index (χ2v) is 3.30. The van der Waals surface area contributed by atoms with E-state index in [4.69, 9.17) is 4.74 Å². The molecule has 0 bridgehead atoms. The van der Waals surface area contributed by atoms with Crippen LogP contribution in [0.2, 0.25) is 0 Å². The number of benzene rings is 1. The summed E-state index contributed by atoms with van der Waals surface area (Å²) in [5.74, 6) is -0.423. The van der Waals surface area contributed by atoms with Gasteiger partial charge in [-0.1, -0.05) is 30.8 Å². The molecule has 0 unspecified atom stereocenters. The van der Waals surface area contributed by atoms with Crippen molar-refractivity contribution in [2.24, 2.45) is 0 Å². The lowest BCUT2D eigenvalue weighted by molar-refractivity contribution is -0.138. The molecule has 0 amide bonds. The number of esters is 1. The zero-order valence-corrected chi connectivity index (χ0v) is 8.72. The molecule has 0 saturated heterocycles. The topological polar surface area (TPSA) is 39.2 Å². The Bertz CT molecular complexity index is 529. The molecule has 0 aliphatic heterocycles. The van der Waals surface area contributed by atoms with Crippen LogP contribution in [-0.4, -0.2) is 11.0 Å². The van der Waals surface area contributed by atoms with Crippen LogP contribution in [0.3, 0.4) is 0 Å². The number of carbonyl (C=O) groups excluding carboxylic acids is 1. The summed E-state index contributed by atoms with van der Waals surface area (Å²) in [6, 6.07) is 9.64. The molecule has 0 radical (unpaired) electrons. The molecule has 0 aliphatic rings.